The van der Waals surface area contributed by atoms with Gasteiger partial charge in [-0.3, -0.25) is 9.59 Å². The number of ether oxygens (including phenoxy) is 2. The fourth-order valence-corrected chi connectivity index (χ4v) is 2.32. The van der Waals surface area contributed by atoms with Crippen LogP contribution in [0.2, 0.25) is 0 Å². The highest BCUT2D eigenvalue weighted by molar-refractivity contribution is 6.01. The monoisotopic (exact) mass is 300 g/mol. The summed E-state index contributed by atoms with van der Waals surface area (Å²) in [5, 5.41) is 2.84. The van der Waals surface area contributed by atoms with E-state index < -0.39 is 11.1 Å². The number of piperazine rings is 1. The van der Waals surface area contributed by atoms with E-state index in [1.165, 1.54) is 0 Å². The predicted molar refractivity (Wildman–Crippen MR) is 79.9 cm³/mol. The number of hydrogen-bond acceptors (Lipinski definition) is 4. The fourth-order valence-electron chi connectivity index (χ4n) is 2.32. The van der Waals surface area contributed by atoms with E-state index in [1.807, 2.05) is 6.92 Å². The molecule has 1 atom stereocenters. The van der Waals surface area contributed by atoms with Gasteiger partial charge < -0.3 is 19.7 Å². The van der Waals surface area contributed by atoms with Gasteiger partial charge in [-0.25, -0.2) is 0 Å². The lowest BCUT2D eigenvalue weighted by Crippen LogP contribution is -2.73. The first-order valence-corrected chi connectivity index (χ1v) is 7.51. The van der Waals surface area contributed by atoms with Crippen LogP contribution in [0.4, 0.5) is 0 Å². The van der Waals surface area contributed by atoms with Gasteiger partial charge in [0.25, 0.3) is 0 Å². The smallest absolute Gasteiger partial charge is 0.248 e. The van der Waals surface area contributed by atoms with Crippen LogP contribution in [-0.2, 0) is 19.1 Å². The van der Waals surface area contributed by atoms with E-state index in [1.54, 1.807) is 32.8 Å². The normalized spacial score (nSPS) is 25.1. The molecule has 0 aromatic carbocycles. The minimum atomic E-state index is -0.846. The van der Waals surface area contributed by atoms with Gasteiger partial charge >= 0.3 is 0 Å². The standard InChI is InChI=1S/C15H28N2O4/c1-6-15(4)13(19)17(14(2,3)12(18)16-15)8-11-21-10-7-9-20-5/h6-11H2,1-5H3,(H,16,18). The zero-order valence-electron chi connectivity index (χ0n) is 13.8. The molecule has 1 N–H and O–H groups in total. The summed E-state index contributed by atoms with van der Waals surface area (Å²) in [7, 11) is 1.65. The Bertz CT molecular complexity index is 384. The van der Waals surface area contributed by atoms with E-state index in [-0.39, 0.29) is 11.8 Å². The summed E-state index contributed by atoms with van der Waals surface area (Å²) < 4.78 is 10.5. The van der Waals surface area contributed by atoms with Crippen molar-refractivity contribution in [3.8, 4) is 0 Å². The first-order chi connectivity index (χ1) is 9.79. The van der Waals surface area contributed by atoms with E-state index in [2.05, 4.69) is 5.32 Å². The molecular weight excluding hydrogens is 272 g/mol. The van der Waals surface area contributed by atoms with Gasteiger partial charge in [0, 0.05) is 26.9 Å². The minimum absolute atomic E-state index is 0.0462. The van der Waals surface area contributed by atoms with Crippen molar-refractivity contribution in [3.05, 3.63) is 0 Å². The molecule has 0 aromatic heterocycles. The van der Waals surface area contributed by atoms with Gasteiger partial charge in [0.2, 0.25) is 11.8 Å². The van der Waals surface area contributed by atoms with Gasteiger partial charge in [-0.2, -0.15) is 0 Å². The van der Waals surface area contributed by atoms with E-state index in [4.69, 9.17) is 9.47 Å². The van der Waals surface area contributed by atoms with Crippen LogP contribution in [0.1, 0.15) is 40.5 Å². The van der Waals surface area contributed by atoms with E-state index in [0.29, 0.717) is 32.8 Å². The molecule has 122 valence electrons. The van der Waals surface area contributed by atoms with E-state index in [9.17, 15) is 9.59 Å². The lowest BCUT2D eigenvalue weighted by molar-refractivity contribution is -0.161. The van der Waals surface area contributed by atoms with Gasteiger partial charge in [0.15, 0.2) is 0 Å². The summed E-state index contributed by atoms with van der Waals surface area (Å²) in [6, 6.07) is 0. The molecule has 0 spiro atoms. The molecule has 6 nitrogen and oxygen atoms in total. The van der Waals surface area contributed by atoms with Crippen molar-refractivity contribution >= 4 is 11.8 Å². The summed E-state index contributed by atoms with van der Waals surface area (Å²) in [6.45, 7) is 9.29. The largest absolute Gasteiger partial charge is 0.385 e. The number of methoxy groups -OCH3 is 1. The summed E-state index contributed by atoms with van der Waals surface area (Å²) in [5.41, 5.74) is -1.66. The molecule has 1 rings (SSSR count). The second-order valence-electron chi connectivity index (χ2n) is 6.11. The Kier molecular flexibility index (Phi) is 6.16. The molecule has 1 heterocycles. The summed E-state index contributed by atoms with van der Waals surface area (Å²) in [5.74, 6) is -0.166. The lowest BCUT2D eigenvalue weighted by Gasteiger charge is -2.48. The number of amides is 2. The molecular formula is C15H28N2O4. The molecule has 21 heavy (non-hydrogen) atoms. The number of nitrogens with zero attached hydrogens (tertiary/aromatic N) is 1. The van der Waals surface area contributed by atoms with Crippen molar-refractivity contribution in [2.45, 2.75) is 51.6 Å². The summed E-state index contributed by atoms with van der Waals surface area (Å²) in [6.07, 6.45) is 1.39. The zero-order valence-corrected chi connectivity index (χ0v) is 13.8. The summed E-state index contributed by atoms with van der Waals surface area (Å²) in [4.78, 5) is 26.5. The van der Waals surface area contributed by atoms with Crippen molar-refractivity contribution in [2.24, 2.45) is 0 Å². The maximum Gasteiger partial charge on any atom is 0.248 e. The van der Waals surface area contributed by atoms with Crippen LogP contribution in [0.25, 0.3) is 0 Å². The SMILES string of the molecule is CCC1(C)NC(=O)C(C)(C)N(CCOCCCOC)C1=O. The van der Waals surface area contributed by atoms with E-state index in [0.717, 1.165) is 6.42 Å². The summed E-state index contributed by atoms with van der Waals surface area (Å²) >= 11 is 0. The Hall–Kier alpha value is -1.14. The van der Waals surface area contributed by atoms with Crippen molar-refractivity contribution in [3.63, 3.8) is 0 Å². The van der Waals surface area contributed by atoms with Crippen LogP contribution in [-0.4, -0.2) is 61.3 Å². The number of nitrogens with one attached hydrogen (secondary N) is 1. The highest BCUT2D eigenvalue weighted by atomic mass is 16.5. The third kappa shape index (κ3) is 3.95. The molecule has 1 fully saturated rings. The first-order valence-electron chi connectivity index (χ1n) is 7.51. The molecule has 0 saturated carbocycles. The van der Waals surface area contributed by atoms with Crippen molar-refractivity contribution < 1.29 is 19.1 Å². The first kappa shape index (κ1) is 17.9. The fraction of sp³-hybridized carbons (Fsp3) is 0.867. The molecule has 1 unspecified atom stereocenters. The Morgan fingerprint density at radius 1 is 1.14 bits per heavy atom. The number of hydrogen-bond donors (Lipinski definition) is 1. The van der Waals surface area contributed by atoms with Crippen molar-refractivity contribution in [1.29, 1.82) is 0 Å². The van der Waals surface area contributed by atoms with Crippen LogP contribution >= 0.6 is 0 Å². The minimum Gasteiger partial charge on any atom is -0.385 e. The van der Waals surface area contributed by atoms with Crippen molar-refractivity contribution in [1.82, 2.24) is 10.2 Å². The molecule has 2 amide bonds. The molecule has 1 aliphatic rings. The third-order valence-electron chi connectivity index (χ3n) is 4.14. The van der Waals surface area contributed by atoms with Crippen LogP contribution in [0.15, 0.2) is 0 Å². The topological polar surface area (TPSA) is 67.9 Å². The highest BCUT2D eigenvalue weighted by Gasteiger charge is 2.51. The van der Waals surface area contributed by atoms with Crippen molar-refractivity contribution in [2.75, 3.05) is 33.5 Å². The molecule has 0 aliphatic carbocycles. The quantitative estimate of drug-likeness (QED) is 0.678. The van der Waals surface area contributed by atoms with E-state index >= 15 is 0 Å². The third-order valence-corrected chi connectivity index (χ3v) is 4.14. The van der Waals surface area contributed by atoms with Gasteiger partial charge in [-0.05, 0) is 33.6 Å². The second-order valence-corrected chi connectivity index (χ2v) is 6.11. The van der Waals surface area contributed by atoms with Gasteiger partial charge in [0.1, 0.15) is 11.1 Å². The van der Waals surface area contributed by atoms with Crippen LogP contribution in [0, 0.1) is 0 Å². The van der Waals surface area contributed by atoms with Gasteiger partial charge in [0.05, 0.1) is 6.61 Å². The highest BCUT2D eigenvalue weighted by Crippen LogP contribution is 2.27. The Balaban J connectivity index is 2.63. The Labute approximate surface area is 127 Å². The molecule has 0 aromatic rings. The van der Waals surface area contributed by atoms with Gasteiger partial charge in [-0.15, -0.1) is 0 Å². The number of rotatable bonds is 8. The second kappa shape index (κ2) is 7.22. The maximum absolute atomic E-state index is 12.6. The molecule has 0 bridgehead atoms. The molecule has 1 saturated heterocycles. The number of carbonyl (C=O) groups excluding carboxylic acids is 2. The predicted octanol–water partition coefficient (Wildman–Crippen LogP) is 0.945. The number of carbonyl (C=O) groups is 2. The van der Waals surface area contributed by atoms with Crippen LogP contribution in [0.5, 0.6) is 0 Å². The maximum atomic E-state index is 12.6. The Morgan fingerprint density at radius 2 is 1.81 bits per heavy atom. The molecule has 0 radical (unpaired) electrons. The zero-order chi connectivity index (χ0) is 16.1. The lowest BCUT2D eigenvalue weighted by atomic mass is 9.87. The Morgan fingerprint density at radius 3 is 2.38 bits per heavy atom. The molecule has 1 aliphatic heterocycles. The average molecular weight is 300 g/mol. The van der Waals surface area contributed by atoms with Gasteiger partial charge in [-0.1, -0.05) is 6.92 Å². The average Bonchev–Trinajstić information content (AvgIpc) is 2.44. The molecule has 6 heteroatoms. The van der Waals surface area contributed by atoms with Crippen LogP contribution < -0.4 is 5.32 Å². The van der Waals surface area contributed by atoms with Crippen LogP contribution in [0.3, 0.4) is 0 Å².